The fourth-order valence-electron chi connectivity index (χ4n) is 3.70. The maximum Gasteiger partial charge on any atom is 0.372 e. The third kappa shape index (κ3) is 8.92. The smallest absolute Gasteiger partial charge is 0.372 e. The third-order valence-corrected chi connectivity index (χ3v) is 5.13. The number of carboxylic acid groups (broad SMARTS) is 1. The van der Waals surface area contributed by atoms with Crippen molar-refractivity contribution >= 4 is 11.8 Å². The molecule has 0 bridgehead atoms. The van der Waals surface area contributed by atoms with Gasteiger partial charge in [0.1, 0.15) is 0 Å². The van der Waals surface area contributed by atoms with Gasteiger partial charge >= 0.3 is 5.97 Å². The Balaban J connectivity index is 2.12. The van der Waals surface area contributed by atoms with Crippen LogP contribution >= 0.6 is 0 Å². The Kier molecular flexibility index (Phi) is 10.7. The van der Waals surface area contributed by atoms with Crippen LogP contribution in [0.25, 0.3) is 0 Å². The molecule has 0 radical (unpaired) electrons. The second kappa shape index (κ2) is 12.3. The molecule has 0 aromatic rings. The zero-order valence-corrected chi connectivity index (χ0v) is 14.8. The highest BCUT2D eigenvalue weighted by atomic mass is 16.4. The van der Waals surface area contributed by atoms with Gasteiger partial charge < -0.3 is 5.11 Å². The van der Waals surface area contributed by atoms with Crippen LogP contribution in [0, 0.1) is 11.8 Å². The molecule has 0 heterocycles. The Labute approximate surface area is 141 Å². The summed E-state index contributed by atoms with van der Waals surface area (Å²) in [4.78, 5) is 21.4. The molecular weight excluding hydrogens is 288 g/mol. The first-order chi connectivity index (χ1) is 11.1. The molecule has 0 aromatic carbocycles. The summed E-state index contributed by atoms with van der Waals surface area (Å²) >= 11 is 0. The molecule has 132 valence electrons. The second-order valence-electron chi connectivity index (χ2n) is 6.98. The average Bonchev–Trinajstić information content (AvgIpc) is 2.97. The van der Waals surface area contributed by atoms with Gasteiger partial charge in [-0.3, -0.25) is 4.79 Å². The Hall–Kier alpha value is -1.12. The van der Waals surface area contributed by atoms with Crippen molar-refractivity contribution in [3.8, 4) is 0 Å². The highest BCUT2D eigenvalue weighted by molar-refractivity contribution is 6.32. The van der Waals surface area contributed by atoms with E-state index in [9.17, 15) is 9.59 Å². The van der Waals surface area contributed by atoms with Crippen molar-refractivity contribution in [2.45, 2.75) is 90.4 Å². The van der Waals surface area contributed by atoms with E-state index >= 15 is 0 Å². The molecule has 1 fully saturated rings. The van der Waals surface area contributed by atoms with Gasteiger partial charge in [0.25, 0.3) is 0 Å². The van der Waals surface area contributed by atoms with Crippen molar-refractivity contribution < 1.29 is 14.7 Å². The van der Waals surface area contributed by atoms with E-state index < -0.39 is 11.8 Å². The van der Waals surface area contributed by atoms with Gasteiger partial charge in [-0.1, -0.05) is 76.9 Å². The second-order valence-corrected chi connectivity index (χ2v) is 6.98. The minimum atomic E-state index is -1.31. The van der Waals surface area contributed by atoms with E-state index in [2.05, 4.69) is 13.0 Å². The monoisotopic (exact) mass is 322 g/mol. The highest BCUT2D eigenvalue weighted by Crippen LogP contribution is 2.37. The van der Waals surface area contributed by atoms with E-state index in [1.165, 1.54) is 64.2 Å². The molecule has 0 amide bonds. The van der Waals surface area contributed by atoms with E-state index in [0.29, 0.717) is 6.42 Å². The molecule has 0 aromatic heterocycles. The standard InChI is InChI=1S/C20H34O3/c1-2-3-4-5-6-8-12-17-14-11-15-18(17)13-9-7-10-16-19(21)20(22)23/h7,9,17-18H,2-6,8,10-16H2,1H3,(H,22,23)/t17-,18-/m0/s1. The van der Waals surface area contributed by atoms with Crippen LogP contribution < -0.4 is 0 Å². The van der Waals surface area contributed by atoms with E-state index in [1.807, 2.05) is 6.08 Å². The van der Waals surface area contributed by atoms with Gasteiger partial charge in [-0.05, 0) is 31.1 Å². The molecule has 0 unspecified atom stereocenters. The molecule has 1 aliphatic rings. The molecule has 1 aliphatic carbocycles. The summed E-state index contributed by atoms with van der Waals surface area (Å²) in [6, 6.07) is 0. The number of rotatable bonds is 13. The Morgan fingerprint density at radius 2 is 1.70 bits per heavy atom. The average molecular weight is 322 g/mol. The van der Waals surface area contributed by atoms with Crippen molar-refractivity contribution in [1.82, 2.24) is 0 Å². The number of allylic oxidation sites excluding steroid dienone is 2. The molecular formula is C20H34O3. The van der Waals surface area contributed by atoms with Gasteiger partial charge in [0.15, 0.2) is 0 Å². The SMILES string of the molecule is CCCCCCCC[C@H]1CCC[C@@H]1CC=CCCC(=O)C(=O)O. The fourth-order valence-corrected chi connectivity index (χ4v) is 3.70. The van der Waals surface area contributed by atoms with Crippen LogP contribution in [0.4, 0.5) is 0 Å². The first kappa shape index (κ1) is 19.9. The normalized spacial score (nSPS) is 21.1. The summed E-state index contributed by atoms with van der Waals surface area (Å²) in [6.45, 7) is 2.26. The van der Waals surface area contributed by atoms with Crippen LogP contribution in [0.5, 0.6) is 0 Å². The zero-order chi connectivity index (χ0) is 16.9. The number of hydrogen-bond donors (Lipinski definition) is 1. The van der Waals surface area contributed by atoms with Gasteiger partial charge in [0.05, 0.1) is 0 Å². The van der Waals surface area contributed by atoms with Crippen molar-refractivity contribution in [3.63, 3.8) is 0 Å². The minimum absolute atomic E-state index is 0.123. The quantitative estimate of drug-likeness (QED) is 0.275. The van der Waals surface area contributed by atoms with Crippen LogP contribution in [0.3, 0.4) is 0 Å². The molecule has 0 aliphatic heterocycles. The number of hydrogen-bond acceptors (Lipinski definition) is 2. The largest absolute Gasteiger partial charge is 0.476 e. The van der Waals surface area contributed by atoms with Crippen molar-refractivity contribution in [3.05, 3.63) is 12.2 Å². The van der Waals surface area contributed by atoms with Gasteiger partial charge in [-0.2, -0.15) is 0 Å². The minimum Gasteiger partial charge on any atom is -0.476 e. The van der Waals surface area contributed by atoms with Gasteiger partial charge in [-0.25, -0.2) is 4.79 Å². The van der Waals surface area contributed by atoms with Crippen molar-refractivity contribution in [1.29, 1.82) is 0 Å². The van der Waals surface area contributed by atoms with E-state index in [1.54, 1.807) is 0 Å². The Morgan fingerprint density at radius 1 is 1.00 bits per heavy atom. The molecule has 1 rings (SSSR count). The molecule has 0 spiro atoms. The summed E-state index contributed by atoms with van der Waals surface area (Å²) < 4.78 is 0. The van der Waals surface area contributed by atoms with Crippen LogP contribution in [-0.4, -0.2) is 16.9 Å². The summed E-state index contributed by atoms with van der Waals surface area (Å²) in [5.74, 6) is -0.312. The Bertz CT molecular complexity index is 373. The number of Topliss-reactive ketones (excluding diaryl/α,β-unsaturated/α-hetero) is 1. The first-order valence-electron chi connectivity index (χ1n) is 9.56. The maximum absolute atomic E-state index is 11.0. The topological polar surface area (TPSA) is 54.4 Å². The lowest BCUT2D eigenvalue weighted by atomic mass is 9.88. The molecule has 1 N–H and O–H groups in total. The van der Waals surface area contributed by atoms with Crippen LogP contribution in [0.2, 0.25) is 0 Å². The van der Waals surface area contributed by atoms with Gasteiger partial charge in [-0.15, -0.1) is 0 Å². The predicted octanol–water partition coefficient (Wildman–Crippen LogP) is 5.53. The van der Waals surface area contributed by atoms with Crippen molar-refractivity contribution in [2.24, 2.45) is 11.8 Å². The van der Waals surface area contributed by atoms with Gasteiger partial charge in [0, 0.05) is 6.42 Å². The number of aliphatic carboxylic acids is 1. The third-order valence-electron chi connectivity index (χ3n) is 5.13. The van der Waals surface area contributed by atoms with E-state index in [0.717, 1.165) is 18.3 Å². The van der Waals surface area contributed by atoms with E-state index in [-0.39, 0.29) is 6.42 Å². The fraction of sp³-hybridized carbons (Fsp3) is 0.800. The number of carbonyl (C=O) groups is 2. The number of ketones is 1. The number of unbranched alkanes of at least 4 members (excludes halogenated alkanes) is 5. The molecule has 1 saturated carbocycles. The lowest BCUT2D eigenvalue weighted by molar-refractivity contribution is -0.149. The Morgan fingerprint density at radius 3 is 2.43 bits per heavy atom. The molecule has 3 heteroatoms. The summed E-state index contributed by atoms with van der Waals surface area (Å²) in [5.41, 5.74) is 0. The first-order valence-corrected chi connectivity index (χ1v) is 9.56. The predicted molar refractivity (Wildman–Crippen MR) is 94.5 cm³/mol. The number of carboxylic acids is 1. The van der Waals surface area contributed by atoms with Crippen LogP contribution in [0.15, 0.2) is 12.2 Å². The lowest BCUT2D eigenvalue weighted by Gasteiger charge is -2.18. The van der Waals surface area contributed by atoms with Crippen LogP contribution in [-0.2, 0) is 9.59 Å². The lowest BCUT2D eigenvalue weighted by Crippen LogP contribution is -2.11. The zero-order valence-electron chi connectivity index (χ0n) is 14.8. The van der Waals surface area contributed by atoms with Crippen molar-refractivity contribution in [2.75, 3.05) is 0 Å². The van der Waals surface area contributed by atoms with Crippen LogP contribution in [0.1, 0.15) is 90.4 Å². The number of carbonyl (C=O) groups excluding carboxylic acids is 1. The molecule has 2 atom stereocenters. The maximum atomic E-state index is 11.0. The van der Waals surface area contributed by atoms with Gasteiger partial charge in [0.2, 0.25) is 5.78 Å². The molecule has 3 nitrogen and oxygen atoms in total. The molecule has 23 heavy (non-hydrogen) atoms. The molecule has 0 saturated heterocycles. The summed E-state index contributed by atoms with van der Waals surface area (Å²) in [5, 5.41) is 8.52. The van der Waals surface area contributed by atoms with E-state index in [4.69, 9.17) is 5.11 Å². The highest BCUT2D eigenvalue weighted by Gasteiger charge is 2.25. The summed E-state index contributed by atoms with van der Waals surface area (Å²) in [6.07, 6.45) is 19.6. The summed E-state index contributed by atoms with van der Waals surface area (Å²) in [7, 11) is 0.